The van der Waals surface area contributed by atoms with Crippen molar-refractivity contribution in [1.29, 1.82) is 0 Å². The van der Waals surface area contributed by atoms with Crippen molar-refractivity contribution in [1.82, 2.24) is 9.97 Å². The number of nitro groups is 1. The topological polar surface area (TPSA) is 127 Å². The van der Waals surface area contributed by atoms with E-state index in [0.29, 0.717) is 12.8 Å². The Morgan fingerprint density at radius 1 is 1.40 bits per heavy atom. The molecule has 0 radical (unpaired) electrons. The molecule has 1 fully saturated rings. The fourth-order valence-corrected chi connectivity index (χ4v) is 3.45. The molecular formula is C10H15N5O4S. The van der Waals surface area contributed by atoms with Gasteiger partial charge >= 0.3 is 5.69 Å². The molecule has 20 heavy (non-hydrogen) atoms. The Labute approximate surface area is 115 Å². The minimum atomic E-state index is -2.97. The summed E-state index contributed by atoms with van der Waals surface area (Å²) in [7, 11) is -1.36. The Morgan fingerprint density at radius 3 is 2.60 bits per heavy atom. The van der Waals surface area contributed by atoms with Gasteiger partial charge in [0.1, 0.15) is 16.0 Å². The number of nitrogens with zero attached hydrogens (tertiary/aromatic N) is 3. The molecule has 0 bridgehead atoms. The van der Waals surface area contributed by atoms with Crippen molar-refractivity contribution in [3.05, 3.63) is 16.3 Å². The van der Waals surface area contributed by atoms with E-state index in [2.05, 4.69) is 20.6 Å². The Kier molecular flexibility index (Phi) is 4.02. The van der Waals surface area contributed by atoms with Crippen LogP contribution in [0, 0.1) is 10.1 Å². The number of hydrogen-bond donors (Lipinski definition) is 2. The molecule has 0 aromatic carbocycles. The van der Waals surface area contributed by atoms with Crippen LogP contribution in [0.25, 0.3) is 0 Å². The fraction of sp³-hybridized carbons (Fsp3) is 0.600. The number of anilines is 2. The highest BCUT2D eigenvalue weighted by Gasteiger charge is 2.26. The van der Waals surface area contributed by atoms with Gasteiger partial charge < -0.3 is 10.6 Å². The molecule has 1 aliphatic rings. The van der Waals surface area contributed by atoms with Gasteiger partial charge in [0.2, 0.25) is 11.8 Å². The van der Waals surface area contributed by atoms with Gasteiger partial charge in [-0.25, -0.2) is 13.4 Å². The summed E-state index contributed by atoms with van der Waals surface area (Å²) in [6.45, 7) is 0. The highest BCUT2D eigenvalue weighted by atomic mass is 32.2. The molecule has 1 saturated heterocycles. The van der Waals surface area contributed by atoms with E-state index in [1.165, 1.54) is 0 Å². The molecule has 1 aromatic rings. The molecule has 9 nitrogen and oxygen atoms in total. The van der Waals surface area contributed by atoms with Crippen molar-refractivity contribution in [2.24, 2.45) is 0 Å². The molecule has 0 spiro atoms. The molecule has 2 heterocycles. The first kappa shape index (κ1) is 14.4. The normalized spacial score (nSPS) is 18.4. The number of hydrogen-bond acceptors (Lipinski definition) is 8. The standard InChI is InChI=1S/C10H15N5O4S/c1-11-10-12-6-8(15(16)17)9(14-10)13-7-2-4-20(18,19)5-3-7/h6-7H,2-5H2,1H3,(H2,11,12,13,14). The van der Waals surface area contributed by atoms with Gasteiger partial charge in [0, 0.05) is 13.1 Å². The van der Waals surface area contributed by atoms with E-state index < -0.39 is 14.8 Å². The molecule has 0 saturated carbocycles. The third kappa shape index (κ3) is 3.32. The average Bonchev–Trinajstić information content (AvgIpc) is 2.40. The Hall–Kier alpha value is -1.97. The third-order valence-corrected chi connectivity index (χ3v) is 4.80. The quantitative estimate of drug-likeness (QED) is 0.605. The maximum Gasteiger partial charge on any atom is 0.329 e. The van der Waals surface area contributed by atoms with Crippen molar-refractivity contribution in [2.75, 3.05) is 29.2 Å². The van der Waals surface area contributed by atoms with Crippen LogP contribution in [0.1, 0.15) is 12.8 Å². The van der Waals surface area contributed by atoms with Gasteiger partial charge in [0.05, 0.1) is 16.4 Å². The van der Waals surface area contributed by atoms with E-state index in [9.17, 15) is 18.5 Å². The highest BCUT2D eigenvalue weighted by molar-refractivity contribution is 7.91. The van der Waals surface area contributed by atoms with Gasteiger partial charge in [-0.15, -0.1) is 0 Å². The van der Waals surface area contributed by atoms with Crippen LogP contribution >= 0.6 is 0 Å². The average molecular weight is 301 g/mol. The van der Waals surface area contributed by atoms with Gasteiger partial charge in [-0.1, -0.05) is 0 Å². The molecule has 0 aliphatic carbocycles. The van der Waals surface area contributed by atoms with E-state index in [1.54, 1.807) is 7.05 Å². The van der Waals surface area contributed by atoms with Crippen LogP contribution < -0.4 is 10.6 Å². The molecule has 0 amide bonds. The summed E-state index contributed by atoms with van der Waals surface area (Å²) in [5.41, 5.74) is -0.225. The van der Waals surface area contributed by atoms with Crippen LogP contribution in [0.3, 0.4) is 0 Å². The van der Waals surface area contributed by atoms with Crippen molar-refractivity contribution < 1.29 is 13.3 Å². The van der Waals surface area contributed by atoms with Crippen molar-refractivity contribution in [3.8, 4) is 0 Å². The van der Waals surface area contributed by atoms with Crippen LogP contribution in [0.15, 0.2) is 6.20 Å². The maximum atomic E-state index is 11.4. The van der Waals surface area contributed by atoms with Crippen LogP contribution in [0.5, 0.6) is 0 Å². The van der Waals surface area contributed by atoms with Gasteiger partial charge in [0.15, 0.2) is 0 Å². The van der Waals surface area contributed by atoms with E-state index >= 15 is 0 Å². The summed E-state index contributed by atoms with van der Waals surface area (Å²) < 4.78 is 22.7. The molecule has 0 atom stereocenters. The second kappa shape index (κ2) is 5.57. The summed E-state index contributed by atoms with van der Waals surface area (Å²) in [5.74, 6) is 0.547. The SMILES string of the molecule is CNc1ncc([N+](=O)[O-])c(NC2CCS(=O)(=O)CC2)n1. The summed E-state index contributed by atoms with van der Waals surface area (Å²) in [4.78, 5) is 18.2. The monoisotopic (exact) mass is 301 g/mol. The second-order valence-corrected chi connectivity index (χ2v) is 6.81. The number of rotatable bonds is 4. The predicted molar refractivity (Wildman–Crippen MR) is 73.5 cm³/mol. The van der Waals surface area contributed by atoms with Gasteiger partial charge in [0.25, 0.3) is 0 Å². The first-order valence-electron chi connectivity index (χ1n) is 6.07. The maximum absolute atomic E-state index is 11.4. The molecule has 1 aliphatic heterocycles. The Balaban J connectivity index is 2.17. The second-order valence-electron chi connectivity index (χ2n) is 4.50. The van der Waals surface area contributed by atoms with E-state index in [4.69, 9.17) is 0 Å². The third-order valence-electron chi connectivity index (χ3n) is 3.09. The van der Waals surface area contributed by atoms with Gasteiger partial charge in [-0.2, -0.15) is 4.98 Å². The molecule has 0 unspecified atom stereocenters. The van der Waals surface area contributed by atoms with Gasteiger partial charge in [-0.05, 0) is 12.8 Å². The molecule has 10 heteroatoms. The lowest BCUT2D eigenvalue weighted by molar-refractivity contribution is -0.384. The zero-order valence-electron chi connectivity index (χ0n) is 10.9. The first-order chi connectivity index (χ1) is 9.41. The lowest BCUT2D eigenvalue weighted by atomic mass is 10.1. The van der Waals surface area contributed by atoms with Crippen molar-refractivity contribution in [3.63, 3.8) is 0 Å². The largest absolute Gasteiger partial charge is 0.361 e. The smallest absolute Gasteiger partial charge is 0.329 e. The van der Waals surface area contributed by atoms with E-state index in [1.807, 2.05) is 0 Å². The Morgan fingerprint density at radius 2 is 2.05 bits per heavy atom. The minimum Gasteiger partial charge on any atom is -0.361 e. The molecular weight excluding hydrogens is 286 g/mol. The van der Waals surface area contributed by atoms with Gasteiger partial charge in [-0.3, -0.25) is 10.1 Å². The van der Waals surface area contributed by atoms with E-state index in [-0.39, 0.29) is 35.0 Å². The zero-order valence-corrected chi connectivity index (χ0v) is 11.7. The van der Waals surface area contributed by atoms with Crippen molar-refractivity contribution >= 4 is 27.3 Å². The summed E-state index contributed by atoms with van der Waals surface area (Å²) in [6, 6.07) is -0.142. The van der Waals surface area contributed by atoms with Crippen molar-refractivity contribution in [2.45, 2.75) is 18.9 Å². The summed E-state index contributed by atoms with van der Waals surface area (Å²) in [6.07, 6.45) is 1.96. The fourth-order valence-electron chi connectivity index (χ4n) is 1.96. The number of sulfone groups is 1. The van der Waals surface area contributed by atoms with Crippen LogP contribution in [0.4, 0.5) is 17.5 Å². The minimum absolute atomic E-state index is 0.0857. The van der Waals surface area contributed by atoms with Crippen LogP contribution in [-0.4, -0.2) is 47.9 Å². The van der Waals surface area contributed by atoms with E-state index in [0.717, 1.165) is 6.20 Å². The highest BCUT2D eigenvalue weighted by Crippen LogP contribution is 2.25. The lowest BCUT2D eigenvalue weighted by Crippen LogP contribution is -2.32. The Bertz CT molecular complexity index is 604. The summed E-state index contributed by atoms with van der Waals surface area (Å²) in [5, 5.41) is 16.6. The van der Waals surface area contributed by atoms with Crippen LogP contribution in [-0.2, 0) is 9.84 Å². The first-order valence-corrected chi connectivity index (χ1v) is 7.89. The van der Waals surface area contributed by atoms with Crippen LogP contribution in [0.2, 0.25) is 0 Å². The molecule has 1 aromatic heterocycles. The molecule has 2 N–H and O–H groups in total. The number of nitrogens with one attached hydrogen (secondary N) is 2. The zero-order chi connectivity index (χ0) is 14.8. The number of aromatic nitrogens is 2. The molecule has 2 rings (SSSR count). The molecule has 110 valence electrons. The predicted octanol–water partition coefficient (Wildman–Crippen LogP) is 0.416. The summed E-state index contributed by atoms with van der Waals surface area (Å²) >= 11 is 0. The lowest BCUT2D eigenvalue weighted by Gasteiger charge is -2.23.